The lowest BCUT2D eigenvalue weighted by molar-refractivity contribution is 0.863. The molecule has 0 saturated heterocycles. The second-order valence-corrected chi connectivity index (χ2v) is 4.39. The van der Waals surface area contributed by atoms with Crippen LogP contribution in [-0.2, 0) is 0 Å². The molecule has 2 aromatic rings. The third-order valence-electron chi connectivity index (χ3n) is 2.41. The molecule has 0 saturated carbocycles. The van der Waals surface area contributed by atoms with Gasteiger partial charge in [0.05, 0.1) is 0 Å². The van der Waals surface area contributed by atoms with Crippen molar-refractivity contribution in [1.82, 2.24) is 0 Å². The third-order valence-corrected chi connectivity index (χ3v) is 2.94. The first-order chi connectivity index (χ1) is 7.81. The van der Waals surface area contributed by atoms with Gasteiger partial charge < -0.3 is 0 Å². The summed E-state index contributed by atoms with van der Waals surface area (Å²) in [5.41, 5.74) is 1.82. The topological polar surface area (TPSA) is 29.4 Å². The minimum absolute atomic E-state index is 0.422. The number of nitroso groups, excluding NO2 is 1. The van der Waals surface area contributed by atoms with Crippen LogP contribution < -0.4 is 0 Å². The van der Waals surface area contributed by atoms with Crippen LogP contribution in [0.1, 0.15) is 17.2 Å². The van der Waals surface area contributed by atoms with E-state index < -0.39 is 6.04 Å². The molecule has 3 heteroatoms. The van der Waals surface area contributed by atoms with Gasteiger partial charge in [-0.15, -0.1) is 4.91 Å². The summed E-state index contributed by atoms with van der Waals surface area (Å²) in [6, 6.07) is 16.8. The molecule has 0 aliphatic heterocycles. The highest BCUT2D eigenvalue weighted by atomic mass is 79.9. The number of hydrogen-bond acceptors (Lipinski definition) is 2. The molecule has 0 aliphatic rings. The minimum Gasteiger partial charge on any atom is -0.150 e. The summed E-state index contributed by atoms with van der Waals surface area (Å²) < 4.78 is 0.994. The molecule has 2 aromatic carbocycles. The van der Waals surface area contributed by atoms with Crippen molar-refractivity contribution in [2.45, 2.75) is 6.04 Å². The van der Waals surface area contributed by atoms with Crippen LogP contribution in [-0.4, -0.2) is 0 Å². The van der Waals surface area contributed by atoms with Crippen LogP contribution in [0.3, 0.4) is 0 Å². The van der Waals surface area contributed by atoms with E-state index in [1.54, 1.807) is 0 Å². The van der Waals surface area contributed by atoms with Gasteiger partial charge in [0.15, 0.2) is 0 Å². The lowest BCUT2D eigenvalue weighted by atomic mass is 10.00. The number of hydrogen-bond donors (Lipinski definition) is 0. The molecule has 2 nitrogen and oxygen atoms in total. The summed E-state index contributed by atoms with van der Waals surface area (Å²) in [5, 5.41) is 3.19. The second kappa shape index (κ2) is 5.03. The molecule has 16 heavy (non-hydrogen) atoms. The summed E-state index contributed by atoms with van der Waals surface area (Å²) in [7, 11) is 0. The highest BCUT2D eigenvalue weighted by Crippen LogP contribution is 2.26. The van der Waals surface area contributed by atoms with Gasteiger partial charge in [-0.25, -0.2) is 0 Å². The first-order valence-electron chi connectivity index (χ1n) is 4.94. The van der Waals surface area contributed by atoms with E-state index in [2.05, 4.69) is 21.1 Å². The molecule has 1 unspecified atom stereocenters. The molecular formula is C13H10BrNO. The van der Waals surface area contributed by atoms with Crippen LogP contribution in [0.15, 0.2) is 64.2 Å². The summed E-state index contributed by atoms with van der Waals surface area (Å²) in [6.07, 6.45) is 0. The quantitative estimate of drug-likeness (QED) is 0.768. The average Bonchev–Trinajstić information content (AvgIpc) is 2.34. The minimum atomic E-state index is -0.422. The van der Waals surface area contributed by atoms with Gasteiger partial charge in [0.2, 0.25) is 0 Å². The summed E-state index contributed by atoms with van der Waals surface area (Å²) in [4.78, 5) is 10.9. The maximum absolute atomic E-state index is 10.9. The van der Waals surface area contributed by atoms with Gasteiger partial charge in [-0.2, -0.15) is 0 Å². The van der Waals surface area contributed by atoms with Gasteiger partial charge >= 0.3 is 0 Å². The normalized spacial score (nSPS) is 12.1. The fraction of sp³-hybridized carbons (Fsp3) is 0.0769. The van der Waals surface area contributed by atoms with Gasteiger partial charge in [-0.1, -0.05) is 63.6 Å². The van der Waals surface area contributed by atoms with Crippen LogP contribution in [0.5, 0.6) is 0 Å². The Morgan fingerprint density at radius 1 is 0.875 bits per heavy atom. The van der Waals surface area contributed by atoms with E-state index in [9.17, 15) is 4.91 Å². The van der Waals surface area contributed by atoms with Crippen molar-refractivity contribution in [3.8, 4) is 0 Å². The molecular weight excluding hydrogens is 266 g/mol. The zero-order valence-corrected chi connectivity index (χ0v) is 10.1. The van der Waals surface area contributed by atoms with Crippen LogP contribution in [0, 0.1) is 4.91 Å². The molecule has 0 bridgehead atoms. The molecule has 0 spiro atoms. The Labute approximate surface area is 102 Å². The molecule has 0 amide bonds. The van der Waals surface area contributed by atoms with Crippen molar-refractivity contribution in [2.75, 3.05) is 0 Å². The predicted molar refractivity (Wildman–Crippen MR) is 68.2 cm³/mol. The van der Waals surface area contributed by atoms with E-state index in [1.807, 2.05) is 54.6 Å². The number of halogens is 1. The van der Waals surface area contributed by atoms with E-state index in [1.165, 1.54) is 0 Å². The number of rotatable bonds is 3. The molecule has 80 valence electrons. The maximum Gasteiger partial charge on any atom is 0.142 e. The van der Waals surface area contributed by atoms with Crippen LogP contribution >= 0.6 is 15.9 Å². The van der Waals surface area contributed by atoms with Crippen LogP contribution in [0.2, 0.25) is 0 Å². The summed E-state index contributed by atoms with van der Waals surface area (Å²) >= 11 is 3.36. The highest BCUT2D eigenvalue weighted by molar-refractivity contribution is 9.10. The van der Waals surface area contributed by atoms with Crippen molar-refractivity contribution < 1.29 is 0 Å². The van der Waals surface area contributed by atoms with E-state index in [-0.39, 0.29) is 0 Å². The first kappa shape index (κ1) is 11.0. The van der Waals surface area contributed by atoms with Crippen LogP contribution in [0.4, 0.5) is 0 Å². The first-order valence-corrected chi connectivity index (χ1v) is 5.73. The van der Waals surface area contributed by atoms with Gasteiger partial charge in [-0.3, -0.25) is 0 Å². The Morgan fingerprint density at radius 2 is 1.44 bits per heavy atom. The Bertz CT molecular complexity index is 467. The van der Waals surface area contributed by atoms with Gasteiger partial charge in [0.25, 0.3) is 0 Å². The van der Waals surface area contributed by atoms with Gasteiger partial charge in [0, 0.05) is 4.47 Å². The van der Waals surface area contributed by atoms with Crippen molar-refractivity contribution in [3.63, 3.8) is 0 Å². The standard InChI is InChI=1S/C13H10BrNO/c14-12-8-6-11(7-9-12)13(15-16)10-4-2-1-3-5-10/h1-9,13H. The molecule has 0 aromatic heterocycles. The Hall–Kier alpha value is -1.48. The Balaban J connectivity index is 2.37. The van der Waals surface area contributed by atoms with E-state index >= 15 is 0 Å². The van der Waals surface area contributed by atoms with Crippen molar-refractivity contribution >= 4 is 15.9 Å². The molecule has 0 radical (unpaired) electrons. The fourth-order valence-electron chi connectivity index (χ4n) is 1.59. The van der Waals surface area contributed by atoms with Gasteiger partial charge in [0.1, 0.15) is 6.04 Å². The lowest BCUT2D eigenvalue weighted by Crippen LogP contribution is -1.96. The number of nitrogens with zero attached hydrogens (tertiary/aromatic N) is 1. The Morgan fingerprint density at radius 3 is 2.00 bits per heavy atom. The van der Waals surface area contributed by atoms with Crippen molar-refractivity contribution in [2.24, 2.45) is 5.18 Å². The van der Waals surface area contributed by atoms with Gasteiger partial charge in [-0.05, 0) is 23.3 Å². The molecule has 0 heterocycles. The van der Waals surface area contributed by atoms with Crippen molar-refractivity contribution in [3.05, 3.63) is 75.1 Å². The number of benzene rings is 2. The van der Waals surface area contributed by atoms with E-state index in [0.29, 0.717) is 0 Å². The zero-order chi connectivity index (χ0) is 11.4. The average molecular weight is 276 g/mol. The SMILES string of the molecule is O=NC(c1ccccc1)c1ccc(Br)cc1. The van der Waals surface area contributed by atoms with E-state index in [4.69, 9.17) is 0 Å². The lowest BCUT2D eigenvalue weighted by Gasteiger charge is -2.09. The van der Waals surface area contributed by atoms with E-state index in [0.717, 1.165) is 15.6 Å². The molecule has 1 atom stereocenters. The molecule has 0 N–H and O–H groups in total. The summed E-state index contributed by atoms with van der Waals surface area (Å²) in [6.45, 7) is 0. The second-order valence-electron chi connectivity index (χ2n) is 3.47. The van der Waals surface area contributed by atoms with Crippen molar-refractivity contribution in [1.29, 1.82) is 0 Å². The van der Waals surface area contributed by atoms with Crippen LogP contribution in [0.25, 0.3) is 0 Å². The molecule has 0 fully saturated rings. The zero-order valence-electron chi connectivity index (χ0n) is 8.51. The predicted octanol–water partition coefficient (Wildman–Crippen LogP) is 4.30. The smallest absolute Gasteiger partial charge is 0.142 e. The molecule has 0 aliphatic carbocycles. The highest BCUT2D eigenvalue weighted by Gasteiger charge is 2.13. The Kier molecular flexibility index (Phi) is 3.47. The fourth-order valence-corrected chi connectivity index (χ4v) is 1.86. The third kappa shape index (κ3) is 2.36. The maximum atomic E-state index is 10.9. The summed E-state index contributed by atoms with van der Waals surface area (Å²) in [5.74, 6) is 0. The molecule has 2 rings (SSSR count). The monoisotopic (exact) mass is 275 g/mol. The largest absolute Gasteiger partial charge is 0.150 e.